The Bertz CT molecular complexity index is 1650. The number of halogens is 2. The van der Waals surface area contributed by atoms with Gasteiger partial charge >= 0.3 is 0 Å². The van der Waals surface area contributed by atoms with Gasteiger partial charge in [-0.2, -0.15) is 0 Å². The fourth-order valence-corrected chi connectivity index (χ4v) is 5.02. The molecule has 3 heterocycles. The lowest BCUT2D eigenvalue weighted by atomic mass is 10.0. The van der Waals surface area contributed by atoms with Gasteiger partial charge in [0.05, 0.1) is 5.36 Å². The van der Waals surface area contributed by atoms with Crippen LogP contribution in [0.2, 0.25) is 0 Å². The third kappa shape index (κ3) is 4.65. The molecular formula is C29H21BrFN3O3. The summed E-state index contributed by atoms with van der Waals surface area (Å²) in [5.41, 5.74) is 4.44. The highest BCUT2D eigenvalue weighted by Gasteiger charge is 2.35. The van der Waals surface area contributed by atoms with Crippen LogP contribution in [0.1, 0.15) is 17.4 Å². The average molecular weight is 558 g/mol. The molecule has 1 aromatic heterocycles. The minimum atomic E-state index is -0.585. The summed E-state index contributed by atoms with van der Waals surface area (Å²) in [6.07, 6.45) is 5.46. The Balaban J connectivity index is 1.34. The van der Waals surface area contributed by atoms with Gasteiger partial charge in [0, 0.05) is 51.5 Å². The fourth-order valence-electron chi connectivity index (χ4n) is 4.75. The predicted octanol–water partition coefficient (Wildman–Crippen LogP) is 4.09. The van der Waals surface area contributed by atoms with Gasteiger partial charge in [0.2, 0.25) is 0 Å². The minimum absolute atomic E-state index is 0.0139. The first-order valence-electron chi connectivity index (χ1n) is 11.8. The zero-order chi connectivity index (χ0) is 25.5. The number of amides is 2. The van der Waals surface area contributed by atoms with Crippen molar-refractivity contribution in [3.8, 4) is 16.8 Å². The van der Waals surface area contributed by atoms with Crippen LogP contribution in [0.25, 0.3) is 22.9 Å². The Kier molecular flexibility index (Phi) is 6.06. The van der Waals surface area contributed by atoms with Gasteiger partial charge in [0.25, 0.3) is 11.8 Å². The molecule has 0 aliphatic carbocycles. The summed E-state index contributed by atoms with van der Waals surface area (Å²) in [6.45, 7) is 0.423. The minimum Gasteiger partial charge on any atom is -0.344 e. The third-order valence-electron chi connectivity index (χ3n) is 6.62. The van der Waals surface area contributed by atoms with E-state index in [1.54, 1.807) is 17.0 Å². The monoisotopic (exact) mass is 557 g/mol. The summed E-state index contributed by atoms with van der Waals surface area (Å²) >= 11 is 3.47. The van der Waals surface area contributed by atoms with Gasteiger partial charge in [-0.3, -0.25) is 9.59 Å². The second-order valence-electron chi connectivity index (χ2n) is 9.01. The van der Waals surface area contributed by atoms with E-state index in [0.29, 0.717) is 18.3 Å². The van der Waals surface area contributed by atoms with Crippen LogP contribution in [0, 0.1) is 5.82 Å². The summed E-state index contributed by atoms with van der Waals surface area (Å²) in [5, 5.41) is 1.47. The molecule has 1 saturated heterocycles. The lowest BCUT2D eigenvalue weighted by Crippen LogP contribution is -2.31. The fraction of sp³-hybridized carbons (Fsp3) is 0.138. The molecule has 8 heteroatoms. The molecule has 0 N–H and O–H groups in total. The largest absolute Gasteiger partial charge is 0.344 e. The smallest absolute Gasteiger partial charge is 0.270 e. The highest BCUT2D eigenvalue weighted by atomic mass is 79.9. The zero-order valence-corrected chi connectivity index (χ0v) is 21.2. The van der Waals surface area contributed by atoms with Crippen molar-refractivity contribution in [2.24, 2.45) is 4.99 Å². The van der Waals surface area contributed by atoms with Crippen molar-refractivity contribution >= 4 is 33.8 Å². The molecule has 2 aliphatic heterocycles. The van der Waals surface area contributed by atoms with Crippen LogP contribution < -0.4 is 10.6 Å². The van der Waals surface area contributed by atoms with E-state index in [2.05, 4.69) is 20.9 Å². The average Bonchev–Trinajstić information content (AvgIpc) is 3.59. The van der Waals surface area contributed by atoms with E-state index in [0.717, 1.165) is 37.6 Å². The molecule has 0 bridgehead atoms. The van der Waals surface area contributed by atoms with E-state index >= 15 is 0 Å². The van der Waals surface area contributed by atoms with Gasteiger partial charge in [-0.05, 0) is 60.0 Å². The lowest BCUT2D eigenvalue weighted by molar-refractivity contribution is -0.128. The maximum absolute atomic E-state index is 13.7. The van der Waals surface area contributed by atoms with Crippen LogP contribution in [0.15, 0.2) is 88.6 Å². The quantitative estimate of drug-likeness (QED) is 0.359. The number of ether oxygens (including phenoxy) is 1. The van der Waals surface area contributed by atoms with Crippen molar-refractivity contribution in [3.63, 3.8) is 0 Å². The third-order valence-corrected chi connectivity index (χ3v) is 7.15. The number of hydrogen-bond acceptors (Lipinski definition) is 3. The number of carbonyl (C=O) groups excluding carboxylic acids is 2. The molecule has 1 fully saturated rings. The molecule has 6 nitrogen and oxygen atoms in total. The van der Waals surface area contributed by atoms with Crippen LogP contribution in [-0.4, -0.2) is 34.4 Å². The Morgan fingerprint density at radius 3 is 2.57 bits per heavy atom. The predicted molar refractivity (Wildman–Crippen MR) is 140 cm³/mol. The van der Waals surface area contributed by atoms with Crippen molar-refractivity contribution in [1.82, 2.24) is 9.47 Å². The summed E-state index contributed by atoms with van der Waals surface area (Å²) < 4.78 is 22.6. The van der Waals surface area contributed by atoms with E-state index < -0.39 is 6.23 Å². The van der Waals surface area contributed by atoms with E-state index in [4.69, 9.17) is 4.74 Å². The molecule has 1 atom stereocenters. The molecule has 3 aromatic carbocycles. The number of carbonyl (C=O) groups is 2. The van der Waals surface area contributed by atoms with Gasteiger partial charge in [-0.15, -0.1) is 0 Å². The van der Waals surface area contributed by atoms with Gasteiger partial charge < -0.3 is 14.2 Å². The maximum Gasteiger partial charge on any atom is 0.270 e. The molecular weight excluding hydrogens is 537 g/mol. The Morgan fingerprint density at radius 1 is 1.00 bits per heavy atom. The van der Waals surface area contributed by atoms with Crippen LogP contribution in [-0.2, 0) is 20.7 Å². The number of rotatable bonds is 6. The van der Waals surface area contributed by atoms with E-state index in [1.807, 2.05) is 59.4 Å². The molecule has 4 aromatic rings. The second kappa shape index (κ2) is 9.53. The molecule has 0 spiro atoms. The van der Waals surface area contributed by atoms with Crippen LogP contribution in [0.4, 0.5) is 4.39 Å². The van der Waals surface area contributed by atoms with E-state index in [9.17, 15) is 14.0 Å². The van der Waals surface area contributed by atoms with Gasteiger partial charge in [-0.25, -0.2) is 9.38 Å². The van der Waals surface area contributed by atoms with Gasteiger partial charge in [0.1, 0.15) is 12.4 Å². The number of fused-ring (bicyclic) bond motifs is 1. The zero-order valence-electron chi connectivity index (χ0n) is 19.6. The van der Waals surface area contributed by atoms with Crippen LogP contribution in [0.5, 0.6) is 0 Å². The molecule has 184 valence electrons. The summed E-state index contributed by atoms with van der Waals surface area (Å²) in [5.74, 6) is -0.660. The van der Waals surface area contributed by atoms with Crippen molar-refractivity contribution in [1.29, 1.82) is 0 Å². The topological polar surface area (TPSA) is 63.9 Å². The SMILES string of the molecule is O=C1C=c2ccc(CCN3C(=O)CO[C@H]3c3cn(-c4ccc(Br)cc4)cc3-c3ccc(F)cc3)cc2=N1. The molecule has 6 rings (SSSR count). The number of nitrogens with zero attached hydrogens (tertiary/aromatic N) is 3. The Hall–Kier alpha value is -3.88. The number of aromatic nitrogens is 1. The molecule has 0 unspecified atom stereocenters. The van der Waals surface area contributed by atoms with Gasteiger partial charge in [0.15, 0.2) is 6.23 Å². The summed E-state index contributed by atoms with van der Waals surface area (Å²) in [4.78, 5) is 30.2. The first-order chi connectivity index (χ1) is 17.9. The van der Waals surface area contributed by atoms with Crippen LogP contribution in [0.3, 0.4) is 0 Å². The first kappa shape index (κ1) is 23.5. The number of benzene rings is 3. The normalized spacial score (nSPS) is 16.6. The summed E-state index contributed by atoms with van der Waals surface area (Å²) in [6, 6.07) is 19.9. The summed E-state index contributed by atoms with van der Waals surface area (Å²) in [7, 11) is 0. The van der Waals surface area contributed by atoms with E-state index in [-0.39, 0.29) is 24.2 Å². The van der Waals surface area contributed by atoms with Gasteiger partial charge in [-0.1, -0.05) is 40.2 Å². The standard InChI is InChI=1S/C29H21BrFN3O3/c30-21-5-9-23(10-6-21)33-15-24(19-3-7-22(31)8-4-19)25(16-33)29-34(28(36)17-37-29)12-11-18-1-2-20-14-27(35)32-26(20)13-18/h1-10,13-16,29H,11-12,17H2/t29-/m0/s1. The highest BCUT2D eigenvalue weighted by Crippen LogP contribution is 2.37. The first-order valence-corrected chi connectivity index (χ1v) is 12.6. The second-order valence-corrected chi connectivity index (χ2v) is 9.92. The number of hydrogen-bond donors (Lipinski definition) is 0. The maximum atomic E-state index is 13.7. The van der Waals surface area contributed by atoms with Crippen molar-refractivity contribution in [2.45, 2.75) is 12.6 Å². The van der Waals surface area contributed by atoms with E-state index in [1.165, 1.54) is 18.2 Å². The highest BCUT2D eigenvalue weighted by molar-refractivity contribution is 9.10. The lowest BCUT2D eigenvalue weighted by Gasteiger charge is -2.24. The Labute approximate surface area is 220 Å². The van der Waals surface area contributed by atoms with Crippen molar-refractivity contribution < 1.29 is 18.7 Å². The van der Waals surface area contributed by atoms with Crippen molar-refractivity contribution in [2.75, 3.05) is 13.2 Å². The molecule has 2 aliphatic rings. The molecule has 37 heavy (non-hydrogen) atoms. The van der Waals surface area contributed by atoms with Crippen LogP contribution >= 0.6 is 15.9 Å². The molecule has 0 radical (unpaired) electrons. The Morgan fingerprint density at radius 2 is 1.78 bits per heavy atom. The van der Waals surface area contributed by atoms with Crippen molar-refractivity contribution in [3.05, 3.63) is 111 Å². The molecule has 2 amide bonds. The molecule has 0 saturated carbocycles.